The van der Waals surface area contributed by atoms with Crippen LogP contribution in [0.25, 0.3) is 0 Å². The second kappa shape index (κ2) is 8.87. The van der Waals surface area contributed by atoms with Gasteiger partial charge in [-0.3, -0.25) is 4.79 Å². The molecule has 0 aliphatic heterocycles. The molecule has 0 spiro atoms. The van der Waals surface area contributed by atoms with E-state index in [0.717, 1.165) is 0 Å². The van der Waals surface area contributed by atoms with Crippen LogP contribution in [0.1, 0.15) is 25.3 Å². The predicted molar refractivity (Wildman–Crippen MR) is 70.6 cm³/mol. The van der Waals surface area contributed by atoms with Gasteiger partial charge in [-0.25, -0.2) is 4.39 Å². The zero-order valence-electron chi connectivity index (χ0n) is 11.2. The Morgan fingerprint density at radius 1 is 1.50 bits per heavy atom. The van der Waals surface area contributed by atoms with Crippen molar-refractivity contribution in [3.8, 4) is 5.75 Å². The highest BCUT2D eigenvalue weighted by atomic mass is 19.1. The smallest absolute Gasteiger partial charge is 0.305 e. The molecule has 1 rings (SSSR count). The maximum absolute atomic E-state index is 13.6. The summed E-state index contributed by atoms with van der Waals surface area (Å²) in [5.41, 5.74) is 0.492. The van der Waals surface area contributed by atoms with Gasteiger partial charge in [0.25, 0.3) is 0 Å². The summed E-state index contributed by atoms with van der Waals surface area (Å²) < 4.78 is 23.6. The molecule has 0 saturated heterocycles. The quantitative estimate of drug-likeness (QED) is 0.340. The molecule has 20 heavy (non-hydrogen) atoms. The van der Waals surface area contributed by atoms with E-state index in [1.165, 1.54) is 18.3 Å². The standard InChI is InChI=1S/C13H17FN2O4/c1-2-18-13(17)4-3-7-19-12-6-5-10(8-11(12)14)9-16-20-15/h5-6,8-9H,2-4,7,15H2,1H3/b16-9+. The Labute approximate surface area is 116 Å². The van der Waals surface area contributed by atoms with Crippen molar-refractivity contribution in [3.05, 3.63) is 29.6 Å². The third-order valence-corrected chi connectivity index (χ3v) is 2.31. The van der Waals surface area contributed by atoms with E-state index >= 15 is 0 Å². The number of oxime groups is 1. The molecule has 0 aliphatic carbocycles. The van der Waals surface area contributed by atoms with Gasteiger partial charge in [-0.05, 0) is 37.1 Å². The summed E-state index contributed by atoms with van der Waals surface area (Å²) >= 11 is 0. The molecular formula is C13H17FN2O4. The van der Waals surface area contributed by atoms with Crippen LogP contribution in [0.2, 0.25) is 0 Å². The van der Waals surface area contributed by atoms with E-state index in [2.05, 4.69) is 10.1 Å². The maximum Gasteiger partial charge on any atom is 0.305 e. The lowest BCUT2D eigenvalue weighted by molar-refractivity contribution is -0.143. The Morgan fingerprint density at radius 2 is 2.30 bits per heavy atom. The van der Waals surface area contributed by atoms with Crippen molar-refractivity contribution >= 4 is 12.2 Å². The molecule has 0 aliphatic rings. The first-order chi connectivity index (χ1) is 9.67. The molecule has 110 valence electrons. The molecule has 1 aromatic rings. The number of benzene rings is 1. The SMILES string of the molecule is CCOC(=O)CCCOc1ccc(/C=N/ON)cc1F. The summed E-state index contributed by atoms with van der Waals surface area (Å²) in [4.78, 5) is 15.1. The van der Waals surface area contributed by atoms with Crippen LogP contribution in [0, 0.1) is 5.82 Å². The third-order valence-electron chi connectivity index (χ3n) is 2.31. The molecule has 0 aromatic heterocycles. The number of carbonyl (C=O) groups excluding carboxylic acids is 1. The second-order valence-corrected chi connectivity index (χ2v) is 3.79. The highest BCUT2D eigenvalue weighted by Crippen LogP contribution is 2.18. The fraction of sp³-hybridized carbons (Fsp3) is 0.385. The Bertz CT molecular complexity index is 466. The van der Waals surface area contributed by atoms with Crippen LogP contribution >= 0.6 is 0 Å². The number of nitrogens with zero attached hydrogens (tertiary/aromatic N) is 1. The minimum atomic E-state index is -0.526. The Balaban J connectivity index is 2.41. The monoisotopic (exact) mass is 284 g/mol. The molecule has 7 heteroatoms. The van der Waals surface area contributed by atoms with Gasteiger partial charge in [-0.2, -0.15) is 0 Å². The van der Waals surface area contributed by atoms with E-state index in [1.807, 2.05) is 0 Å². The summed E-state index contributed by atoms with van der Waals surface area (Å²) in [5.74, 6) is 4.01. The molecule has 0 bridgehead atoms. The van der Waals surface area contributed by atoms with Gasteiger partial charge in [-0.1, -0.05) is 5.16 Å². The van der Waals surface area contributed by atoms with Crippen molar-refractivity contribution in [3.63, 3.8) is 0 Å². The minimum absolute atomic E-state index is 0.111. The number of rotatable bonds is 8. The van der Waals surface area contributed by atoms with Gasteiger partial charge in [0.2, 0.25) is 0 Å². The number of ether oxygens (including phenoxy) is 2. The topological polar surface area (TPSA) is 83.1 Å². The number of halogens is 1. The Hall–Kier alpha value is -2.15. The first kappa shape index (κ1) is 15.9. The van der Waals surface area contributed by atoms with Crippen molar-refractivity contribution in [2.75, 3.05) is 13.2 Å². The van der Waals surface area contributed by atoms with Crippen molar-refractivity contribution in [2.45, 2.75) is 19.8 Å². The molecule has 2 N–H and O–H groups in total. The van der Waals surface area contributed by atoms with Crippen LogP contribution in [-0.4, -0.2) is 25.4 Å². The van der Waals surface area contributed by atoms with Crippen LogP contribution in [0.15, 0.2) is 23.4 Å². The lowest BCUT2D eigenvalue weighted by atomic mass is 10.2. The largest absolute Gasteiger partial charge is 0.491 e. The fourth-order valence-electron chi connectivity index (χ4n) is 1.44. The van der Waals surface area contributed by atoms with E-state index in [-0.39, 0.29) is 24.7 Å². The summed E-state index contributed by atoms with van der Waals surface area (Å²) in [7, 11) is 0. The van der Waals surface area contributed by atoms with E-state index < -0.39 is 5.82 Å². The molecule has 0 saturated carbocycles. The number of hydrogen-bond acceptors (Lipinski definition) is 6. The summed E-state index contributed by atoms with van der Waals surface area (Å²) in [5, 5.41) is 3.32. The summed E-state index contributed by atoms with van der Waals surface area (Å²) in [6.07, 6.45) is 1.98. The highest BCUT2D eigenvalue weighted by molar-refractivity contribution is 5.79. The molecule has 0 fully saturated rings. The Kier molecular flexibility index (Phi) is 7.05. The lowest BCUT2D eigenvalue weighted by Gasteiger charge is -2.07. The maximum atomic E-state index is 13.6. The molecule has 0 unspecified atom stereocenters. The Morgan fingerprint density at radius 3 is 2.95 bits per heavy atom. The number of hydrogen-bond donors (Lipinski definition) is 1. The highest BCUT2D eigenvalue weighted by Gasteiger charge is 2.05. The molecule has 6 nitrogen and oxygen atoms in total. The van der Waals surface area contributed by atoms with E-state index in [0.29, 0.717) is 18.6 Å². The third kappa shape index (κ3) is 5.66. The van der Waals surface area contributed by atoms with Crippen LogP contribution in [0.5, 0.6) is 5.75 Å². The number of carbonyl (C=O) groups is 1. The van der Waals surface area contributed by atoms with Crippen LogP contribution in [-0.2, 0) is 14.5 Å². The minimum Gasteiger partial charge on any atom is -0.491 e. The van der Waals surface area contributed by atoms with Gasteiger partial charge >= 0.3 is 5.97 Å². The lowest BCUT2D eigenvalue weighted by Crippen LogP contribution is -2.07. The number of nitrogens with two attached hydrogens (primary N) is 1. The van der Waals surface area contributed by atoms with Gasteiger partial charge in [0.05, 0.1) is 19.4 Å². The zero-order valence-corrected chi connectivity index (χ0v) is 11.2. The van der Waals surface area contributed by atoms with Crippen molar-refractivity contribution in [1.82, 2.24) is 0 Å². The fourth-order valence-corrected chi connectivity index (χ4v) is 1.44. The summed E-state index contributed by atoms with van der Waals surface area (Å²) in [6, 6.07) is 4.31. The summed E-state index contributed by atoms with van der Waals surface area (Å²) in [6.45, 7) is 2.32. The van der Waals surface area contributed by atoms with Gasteiger partial charge in [0, 0.05) is 6.42 Å². The van der Waals surface area contributed by atoms with Crippen molar-refractivity contribution in [2.24, 2.45) is 11.1 Å². The first-order valence-corrected chi connectivity index (χ1v) is 6.14. The van der Waals surface area contributed by atoms with E-state index in [9.17, 15) is 9.18 Å². The van der Waals surface area contributed by atoms with Gasteiger partial charge in [0.15, 0.2) is 11.6 Å². The van der Waals surface area contributed by atoms with Crippen molar-refractivity contribution in [1.29, 1.82) is 0 Å². The van der Waals surface area contributed by atoms with Gasteiger partial charge in [0.1, 0.15) is 0 Å². The molecule has 0 radical (unpaired) electrons. The zero-order chi connectivity index (χ0) is 14.8. The van der Waals surface area contributed by atoms with E-state index in [1.54, 1.807) is 13.0 Å². The normalized spacial score (nSPS) is 10.6. The predicted octanol–water partition coefficient (Wildman–Crippen LogP) is 1.77. The average molecular weight is 284 g/mol. The van der Waals surface area contributed by atoms with Crippen LogP contribution < -0.4 is 10.6 Å². The molecule has 1 aromatic carbocycles. The van der Waals surface area contributed by atoms with Crippen molar-refractivity contribution < 1.29 is 23.6 Å². The number of esters is 1. The van der Waals surface area contributed by atoms with Crippen LogP contribution in [0.4, 0.5) is 4.39 Å². The first-order valence-electron chi connectivity index (χ1n) is 6.14. The van der Waals surface area contributed by atoms with Gasteiger partial charge in [-0.15, -0.1) is 5.90 Å². The second-order valence-electron chi connectivity index (χ2n) is 3.79. The molecule has 0 heterocycles. The van der Waals surface area contributed by atoms with E-state index in [4.69, 9.17) is 15.4 Å². The van der Waals surface area contributed by atoms with Gasteiger partial charge < -0.3 is 14.4 Å². The molecular weight excluding hydrogens is 267 g/mol. The van der Waals surface area contributed by atoms with Crippen LogP contribution in [0.3, 0.4) is 0 Å². The molecule has 0 atom stereocenters. The molecule has 0 amide bonds. The average Bonchev–Trinajstić information content (AvgIpc) is 2.43.